The van der Waals surface area contributed by atoms with Gasteiger partial charge in [0.15, 0.2) is 0 Å². The molecular formula is C13H17N5. The van der Waals surface area contributed by atoms with Gasteiger partial charge >= 0.3 is 0 Å². The minimum Gasteiger partial charge on any atom is -0.372 e. The van der Waals surface area contributed by atoms with Crippen LogP contribution in [-0.2, 0) is 13.1 Å². The Morgan fingerprint density at radius 1 is 1.11 bits per heavy atom. The van der Waals surface area contributed by atoms with E-state index < -0.39 is 0 Å². The van der Waals surface area contributed by atoms with Crippen molar-refractivity contribution >= 4 is 5.82 Å². The molecule has 0 aromatic carbocycles. The normalized spacial score (nSPS) is 10.6. The first-order chi connectivity index (χ1) is 8.78. The highest BCUT2D eigenvalue weighted by atomic mass is 15.1. The average molecular weight is 243 g/mol. The van der Waals surface area contributed by atoms with E-state index >= 15 is 0 Å². The van der Waals surface area contributed by atoms with Crippen LogP contribution in [0.25, 0.3) is 0 Å². The second-order valence-electron chi connectivity index (χ2n) is 4.17. The predicted octanol–water partition coefficient (Wildman–Crippen LogP) is 1.55. The SMILES string of the molecule is CNc1cnc(CN(C)Cc2ccncc2)cn1. The second kappa shape index (κ2) is 6.07. The molecule has 1 N–H and O–H groups in total. The van der Waals surface area contributed by atoms with Gasteiger partial charge < -0.3 is 5.32 Å². The number of hydrogen-bond donors (Lipinski definition) is 1. The smallest absolute Gasteiger partial charge is 0.144 e. The third kappa shape index (κ3) is 3.49. The zero-order chi connectivity index (χ0) is 12.8. The summed E-state index contributed by atoms with van der Waals surface area (Å²) in [6.07, 6.45) is 7.17. The van der Waals surface area contributed by atoms with Crippen LogP contribution in [0, 0.1) is 0 Å². The lowest BCUT2D eigenvalue weighted by Gasteiger charge is -2.15. The maximum Gasteiger partial charge on any atom is 0.144 e. The van der Waals surface area contributed by atoms with Crippen molar-refractivity contribution in [2.45, 2.75) is 13.1 Å². The summed E-state index contributed by atoms with van der Waals surface area (Å²) in [6.45, 7) is 1.65. The van der Waals surface area contributed by atoms with E-state index in [0.29, 0.717) is 0 Å². The standard InChI is InChI=1S/C13H17N5/c1-14-13-8-16-12(7-17-13)10-18(2)9-11-3-5-15-6-4-11/h3-8H,9-10H2,1-2H3,(H,14,17). The molecule has 94 valence electrons. The average Bonchev–Trinajstić information content (AvgIpc) is 2.40. The molecule has 2 heterocycles. The van der Waals surface area contributed by atoms with Crippen LogP contribution in [-0.4, -0.2) is 33.9 Å². The fraction of sp³-hybridized carbons (Fsp3) is 0.308. The van der Waals surface area contributed by atoms with Gasteiger partial charge in [-0.2, -0.15) is 0 Å². The first-order valence-electron chi connectivity index (χ1n) is 5.84. The highest BCUT2D eigenvalue weighted by Gasteiger charge is 2.03. The van der Waals surface area contributed by atoms with Gasteiger partial charge in [-0.25, -0.2) is 4.98 Å². The van der Waals surface area contributed by atoms with E-state index in [4.69, 9.17) is 0 Å². The Morgan fingerprint density at radius 2 is 1.89 bits per heavy atom. The van der Waals surface area contributed by atoms with Gasteiger partial charge in [0.05, 0.1) is 18.1 Å². The van der Waals surface area contributed by atoms with Crippen LogP contribution >= 0.6 is 0 Å². The highest BCUT2D eigenvalue weighted by Crippen LogP contribution is 2.06. The van der Waals surface area contributed by atoms with E-state index in [1.807, 2.05) is 31.6 Å². The van der Waals surface area contributed by atoms with Crippen LogP contribution in [0.4, 0.5) is 5.82 Å². The molecule has 2 aromatic heterocycles. The summed E-state index contributed by atoms with van der Waals surface area (Å²) in [5.74, 6) is 0.788. The Balaban J connectivity index is 1.92. The maximum absolute atomic E-state index is 4.35. The number of pyridine rings is 1. The largest absolute Gasteiger partial charge is 0.372 e. The molecule has 18 heavy (non-hydrogen) atoms. The number of hydrogen-bond acceptors (Lipinski definition) is 5. The molecule has 0 saturated carbocycles. The van der Waals surface area contributed by atoms with Crippen molar-refractivity contribution in [1.82, 2.24) is 19.9 Å². The molecule has 0 radical (unpaired) electrons. The number of anilines is 1. The Kier molecular flexibility index (Phi) is 4.20. The molecule has 0 amide bonds. The molecule has 0 aliphatic rings. The summed E-state index contributed by atoms with van der Waals surface area (Å²) in [5.41, 5.74) is 2.21. The number of rotatable bonds is 5. The molecule has 0 saturated heterocycles. The van der Waals surface area contributed by atoms with Crippen molar-refractivity contribution in [3.05, 3.63) is 48.2 Å². The maximum atomic E-state index is 4.35. The minimum absolute atomic E-state index is 0.777. The molecule has 5 heteroatoms. The van der Waals surface area contributed by atoms with E-state index in [1.165, 1.54) is 5.56 Å². The van der Waals surface area contributed by atoms with E-state index in [-0.39, 0.29) is 0 Å². The predicted molar refractivity (Wildman–Crippen MR) is 71.0 cm³/mol. The summed E-state index contributed by atoms with van der Waals surface area (Å²) < 4.78 is 0. The van der Waals surface area contributed by atoms with Crippen molar-refractivity contribution in [2.24, 2.45) is 0 Å². The van der Waals surface area contributed by atoms with Gasteiger partial charge in [0, 0.05) is 32.5 Å². The van der Waals surface area contributed by atoms with Gasteiger partial charge in [0.2, 0.25) is 0 Å². The van der Waals surface area contributed by atoms with Gasteiger partial charge in [-0.15, -0.1) is 0 Å². The molecule has 5 nitrogen and oxygen atoms in total. The van der Waals surface area contributed by atoms with Crippen LogP contribution in [0.15, 0.2) is 36.9 Å². The number of aromatic nitrogens is 3. The fourth-order valence-electron chi connectivity index (χ4n) is 1.70. The molecule has 0 atom stereocenters. The summed E-state index contributed by atoms with van der Waals surface area (Å²) in [7, 11) is 3.90. The van der Waals surface area contributed by atoms with E-state index in [9.17, 15) is 0 Å². The molecule has 0 spiro atoms. The van der Waals surface area contributed by atoms with Crippen LogP contribution in [0.3, 0.4) is 0 Å². The van der Waals surface area contributed by atoms with Crippen molar-refractivity contribution in [3.63, 3.8) is 0 Å². The van der Waals surface area contributed by atoms with Crippen molar-refractivity contribution < 1.29 is 0 Å². The molecule has 2 rings (SSSR count). The second-order valence-corrected chi connectivity index (χ2v) is 4.17. The lowest BCUT2D eigenvalue weighted by atomic mass is 10.2. The summed E-state index contributed by atoms with van der Waals surface area (Å²) in [6, 6.07) is 4.04. The lowest BCUT2D eigenvalue weighted by Crippen LogP contribution is -2.18. The Morgan fingerprint density at radius 3 is 2.50 bits per heavy atom. The Labute approximate surface area is 107 Å². The van der Waals surface area contributed by atoms with Crippen LogP contribution < -0.4 is 5.32 Å². The van der Waals surface area contributed by atoms with Gasteiger partial charge in [0.25, 0.3) is 0 Å². The van der Waals surface area contributed by atoms with Crippen molar-refractivity contribution in [2.75, 3.05) is 19.4 Å². The minimum atomic E-state index is 0.777. The molecule has 0 aliphatic carbocycles. The summed E-state index contributed by atoms with van der Waals surface area (Å²) in [4.78, 5) is 14.8. The van der Waals surface area contributed by atoms with Crippen LogP contribution in [0.5, 0.6) is 0 Å². The fourth-order valence-corrected chi connectivity index (χ4v) is 1.70. The molecule has 0 unspecified atom stereocenters. The van der Waals surface area contributed by atoms with Crippen LogP contribution in [0.1, 0.15) is 11.3 Å². The molecule has 0 fully saturated rings. The molecule has 0 aliphatic heterocycles. The topological polar surface area (TPSA) is 53.9 Å². The van der Waals surface area contributed by atoms with Gasteiger partial charge in [0.1, 0.15) is 5.82 Å². The Hall–Kier alpha value is -2.01. The Bertz CT molecular complexity index is 469. The summed E-state index contributed by atoms with van der Waals surface area (Å²) >= 11 is 0. The first-order valence-corrected chi connectivity index (χ1v) is 5.84. The zero-order valence-electron chi connectivity index (χ0n) is 10.7. The quantitative estimate of drug-likeness (QED) is 0.863. The number of nitrogens with zero attached hydrogens (tertiary/aromatic N) is 4. The lowest BCUT2D eigenvalue weighted by molar-refractivity contribution is 0.314. The molecule has 2 aromatic rings. The monoisotopic (exact) mass is 243 g/mol. The van der Waals surface area contributed by atoms with Crippen molar-refractivity contribution in [3.8, 4) is 0 Å². The molecular weight excluding hydrogens is 226 g/mol. The van der Waals surface area contributed by atoms with Gasteiger partial charge in [-0.3, -0.25) is 14.9 Å². The molecule has 0 bridgehead atoms. The van der Waals surface area contributed by atoms with Crippen LogP contribution in [0.2, 0.25) is 0 Å². The number of nitrogens with one attached hydrogen (secondary N) is 1. The van der Waals surface area contributed by atoms with Crippen molar-refractivity contribution in [1.29, 1.82) is 0 Å². The van der Waals surface area contributed by atoms with Gasteiger partial charge in [-0.1, -0.05) is 0 Å². The third-order valence-corrected chi connectivity index (χ3v) is 2.60. The summed E-state index contributed by atoms with van der Waals surface area (Å²) in [5, 5.41) is 2.95. The first kappa shape index (κ1) is 12.4. The third-order valence-electron chi connectivity index (χ3n) is 2.60. The van der Waals surface area contributed by atoms with E-state index in [0.717, 1.165) is 24.6 Å². The van der Waals surface area contributed by atoms with E-state index in [1.54, 1.807) is 12.4 Å². The highest BCUT2D eigenvalue weighted by molar-refractivity contribution is 5.29. The zero-order valence-corrected chi connectivity index (χ0v) is 10.7. The van der Waals surface area contributed by atoms with Gasteiger partial charge in [-0.05, 0) is 24.7 Å². The van der Waals surface area contributed by atoms with E-state index in [2.05, 4.69) is 32.2 Å².